The number of carboxylic acids is 1. The molecule has 4 heterocycles. The Bertz CT molecular complexity index is 1090. The minimum Gasteiger partial charge on any atom is -0.479 e. The SMILES string of the molecule is CO[C@@H]1CO[C@@H](C(=O)N[C@@H]2[C@H](OC)CO[C@H]2C(=O)N[C@@H]2[C@H](OC)CO[C@H]2C(=O)N[C@@H]2[C@H](OC)CO[C@H]2C(=O)O)[C@@H]1N=[N+]=[N-]. The molecule has 0 radical (unpaired) electrons. The number of carbonyl (C=O) groups is 4. The van der Waals surface area contributed by atoms with Gasteiger partial charge in [0.25, 0.3) is 11.8 Å². The van der Waals surface area contributed by atoms with Crippen LogP contribution in [-0.2, 0) is 57.1 Å². The summed E-state index contributed by atoms with van der Waals surface area (Å²) in [6.45, 7) is -0.115. The second-order valence-electron chi connectivity index (χ2n) is 10.2. The Labute approximate surface area is 245 Å². The van der Waals surface area contributed by atoms with E-state index in [-0.39, 0.29) is 26.4 Å². The summed E-state index contributed by atoms with van der Waals surface area (Å²) < 4.78 is 43.4. The zero-order chi connectivity index (χ0) is 31.3. The van der Waals surface area contributed by atoms with Crippen molar-refractivity contribution >= 4 is 23.7 Å². The molecule has 4 rings (SSSR count). The number of aliphatic carboxylic acids is 1. The van der Waals surface area contributed by atoms with E-state index in [2.05, 4.69) is 26.0 Å². The standard InChI is InChI=1S/C24H36N6O13/c1-36-9-5-41-18(22(32)28-15-11(38-3)7-43-20(15)24(34)35)13(9)26-21(31)17-14(10(37-2)6-40-17)27-23(33)19-16(29-30-25)12(39-4)8-42-19/h9-20H,5-8H2,1-4H3,(H,26,31)(H,27,33)(H,28,32)(H,34,35)/t9-,10-,11-,12-,13-,14-,15-,16-,17-,18-,19-,20-/m1/s1. The molecule has 12 atom stereocenters. The number of nitrogens with zero attached hydrogens (tertiary/aromatic N) is 3. The largest absolute Gasteiger partial charge is 0.479 e. The van der Waals surface area contributed by atoms with E-state index in [9.17, 15) is 24.3 Å². The summed E-state index contributed by atoms with van der Waals surface area (Å²) in [6, 6.07) is -3.95. The highest BCUT2D eigenvalue weighted by Gasteiger charge is 2.51. The third kappa shape index (κ3) is 6.84. The highest BCUT2D eigenvalue weighted by atomic mass is 16.6. The van der Waals surface area contributed by atoms with Gasteiger partial charge >= 0.3 is 5.97 Å². The van der Waals surface area contributed by atoms with E-state index in [4.69, 9.17) is 43.4 Å². The predicted octanol–water partition coefficient (Wildman–Crippen LogP) is -3.14. The minimum absolute atomic E-state index is 0.0198. The lowest BCUT2D eigenvalue weighted by Gasteiger charge is -2.29. The average molecular weight is 617 g/mol. The first-order valence-electron chi connectivity index (χ1n) is 13.4. The molecule has 4 aliphatic rings. The van der Waals surface area contributed by atoms with Crippen molar-refractivity contribution in [1.29, 1.82) is 0 Å². The van der Waals surface area contributed by atoms with Crippen molar-refractivity contribution in [2.24, 2.45) is 5.11 Å². The molecular weight excluding hydrogens is 580 g/mol. The molecule has 240 valence electrons. The zero-order valence-electron chi connectivity index (χ0n) is 23.9. The van der Waals surface area contributed by atoms with Crippen LogP contribution in [0.25, 0.3) is 10.4 Å². The lowest BCUT2D eigenvalue weighted by molar-refractivity contribution is -0.148. The number of rotatable bonds is 12. The van der Waals surface area contributed by atoms with Gasteiger partial charge in [-0.2, -0.15) is 0 Å². The van der Waals surface area contributed by atoms with Gasteiger partial charge in [-0.05, 0) is 5.53 Å². The van der Waals surface area contributed by atoms with Gasteiger partial charge < -0.3 is 59.0 Å². The van der Waals surface area contributed by atoms with Crippen molar-refractivity contribution in [3.05, 3.63) is 10.4 Å². The van der Waals surface area contributed by atoms with E-state index in [1.165, 1.54) is 28.4 Å². The van der Waals surface area contributed by atoms with Crippen molar-refractivity contribution in [3.8, 4) is 0 Å². The van der Waals surface area contributed by atoms with E-state index in [1.54, 1.807) is 0 Å². The Morgan fingerprint density at radius 3 is 1.40 bits per heavy atom. The molecule has 0 aliphatic carbocycles. The van der Waals surface area contributed by atoms with Crippen LogP contribution in [0.2, 0.25) is 0 Å². The van der Waals surface area contributed by atoms with E-state index in [0.29, 0.717) is 0 Å². The molecule has 4 aliphatic heterocycles. The fourth-order valence-electron chi connectivity index (χ4n) is 5.62. The molecule has 0 unspecified atom stereocenters. The number of carboxylic acid groups (broad SMARTS) is 1. The molecule has 4 fully saturated rings. The van der Waals surface area contributed by atoms with Gasteiger partial charge in [-0.3, -0.25) is 14.4 Å². The third-order valence-electron chi connectivity index (χ3n) is 7.97. The smallest absolute Gasteiger partial charge is 0.335 e. The molecule has 4 saturated heterocycles. The summed E-state index contributed by atoms with van der Waals surface area (Å²) in [6.07, 6.45) is -7.88. The highest BCUT2D eigenvalue weighted by molar-refractivity contribution is 5.88. The summed E-state index contributed by atoms with van der Waals surface area (Å²) >= 11 is 0. The maximum absolute atomic E-state index is 13.5. The summed E-state index contributed by atoms with van der Waals surface area (Å²) in [5.74, 6) is -3.35. The summed E-state index contributed by atoms with van der Waals surface area (Å²) in [7, 11) is 5.53. The molecule has 0 spiro atoms. The van der Waals surface area contributed by atoms with Crippen LogP contribution < -0.4 is 16.0 Å². The second-order valence-corrected chi connectivity index (χ2v) is 10.2. The van der Waals surface area contributed by atoms with Crippen LogP contribution >= 0.6 is 0 Å². The fraction of sp³-hybridized carbons (Fsp3) is 0.833. The van der Waals surface area contributed by atoms with Crippen LogP contribution in [-0.4, -0.2) is 157 Å². The molecule has 0 saturated carbocycles. The second kappa shape index (κ2) is 14.6. The van der Waals surface area contributed by atoms with Gasteiger partial charge in [0.15, 0.2) is 18.3 Å². The van der Waals surface area contributed by atoms with Gasteiger partial charge in [-0.1, -0.05) is 5.11 Å². The molecule has 19 nitrogen and oxygen atoms in total. The van der Waals surface area contributed by atoms with Gasteiger partial charge in [-0.15, -0.1) is 0 Å². The maximum Gasteiger partial charge on any atom is 0.335 e. The van der Waals surface area contributed by atoms with Gasteiger partial charge in [0.2, 0.25) is 5.91 Å². The highest BCUT2D eigenvalue weighted by Crippen LogP contribution is 2.25. The molecule has 3 amide bonds. The van der Waals surface area contributed by atoms with Crippen molar-refractivity contribution in [1.82, 2.24) is 16.0 Å². The van der Waals surface area contributed by atoms with Gasteiger partial charge in [-0.25, -0.2) is 4.79 Å². The number of carbonyl (C=O) groups excluding carboxylic acids is 3. The summed E-state index contributed by atoms with van der Waals surface area (Å²) in [5, 5.41) is 21.2. The molecular formula is C24H36N6O13. The quantitative estimate of drug-likeness (QED) is 0.0963. The first kappa shape index (κ1) is 32.8. The summed E-state index contributed by atoms with van der Waals surface area (Å²) in [4.78, 5) is 54.4. The molecule has 0 aromatic carbocycles. The molecule has 19 heteroatoms. The predicted molar refractivity (Wildman–Crippen MR) is 139 cm³/mol. The summed E-state index contributed by atoms with van der Waals surface area (Å²) in [5.41, 5.74) is 8.93. The van der Waals surface area contributed by atoms with E-state index < -0.39 is 96.7 Å². The van der Waals surface area contributed by atoms with Crippen LogP contribution in [0.1, 0.15) is 0 Å². The van der Waals surface area contributed by atoms with Crippen molar-refractivity contribution in [3.63, 3.8) is 0 Å². The Hall–Kier alpha value is -3.13. The lowest BCUT2D eigenvalue weighted by Crippen LogP contribution is -2.60. The normalized spacial score (nSPS) is 38.8. The Kier molecular flexibility index (Phi) is 11.1. The van der Waals surface area contributed by atoms with Crippen molar-refractivity contribution < 1.29 is 62.2 Å². The number of azide groups is 1. The van der Waals surface area contributed by atoms with Crippen LogP contribution in [0.3, 0.4) is 0 Å². The van der Waals surface area contributed by atoms with E-state index in [0.717, 1.165) is 0 Å². The van der Waals surface area contributed by atoms with Crippen molar-refractivity contribution in [2.45, 2.75) is 73.0 Å². The van der Waals surface area contributed by atoms with Gasteiger partial charge in [0.05, 0.1) is 50.7 Å². The zero-order valence-corrected chi connectivity index (χ0v) is 23.9. The average Bonchev–Trinajstić information content (AvgIpc) is 3.77. The van der Waals surface area contributed by atoms with Crippen LogP contribution in [0.5, 0.6) is 0 Å². The number of methoxy groups -OCH3 is 4. The fourth-order valence-corrected chi connectivity index (χ4v) is 5.62. The van der Waals surface area contributed by atoms with E-state index >= 15 is 0 Å². The van der Waals surface area contributed by atoms with Crippen LogP contribution in [0.4, 0.5) is 0 Å². The topological polar surface area (TPSA) is 247 Å². The molecule has 0 bridgehead atoms. The molecule has 43 heavy (non-hydrogen) atoms. The Morgan fingerprint density at radius 1 is 0.651 bits per heavy atom. The molecule has 0 aromatic rings. The number of amides is 3. The lowest BCUT2D eigenvalue weighted by atomic mass is 10.0. The first-order valence-corrected chi connectivity index (χ1v) is 13.4. The van der Waals surface area contributed by atoms with Crippen LogP contribution in [0, 0.1) is 0 Å². The number of hydrogen-bond donors (Lipinski definition) is 4. The first-order chi connectivity index (χ1) is 20.7. The monoisotopic (exact) mass is 616 g/mol. The Morgan fingerprint density at radius 2 is 1.00 bits per heavy atom. The maximum atomic E-state index is 13.5. The number of ether oxygens (including phenoxy) is 8. The molecule has 4 N–H and O–H groups in total. The molecule has 0 aromatic heterocycles. The Balaban J connectivity index is 1.46. The minimum atomic E-state index is -1.34. The van der Waals surface area contributed by atoms with Gasteiger partial charge in [0.1, 0.15) is 30.5 Å². The third-order valence-corrected chi connectivity index (χ3v) is 7.97. The van der Waals surface area contributed by atoms with Crippen molar-refractivity contribution in [2.75, 3.05) is 54.9 Å². The number of nitrogens with one attached hydrogen (secondary N) is 3. The van der Waals surface area contributed by atoms with E-state index in [1.807, 2.05) is 0 Å². The number of hydrogen-bond acceptors (Lipinski definition) is 13. The van der Waals surface area contributed by atoms with Crippen LogP contribution in [0.15, 0.2) is 5.11 Å². The van der Waals surface area contributed by atoms with Gasteiger partial charge in [0, 0.05) is 33.4 Å².